The molecular formula is C21H25ClN2O4S. The van der Waals surface area contributed by atoms with Crippen LogP contribution in [0.4, 0.5) is 5.69 Å². The van der Waals surface area contributed by atoms with Gasteiger partial charge in [-0.2, -0.15) is 0 Å². The lowest BCUT2D eigenvalue weighted by Gasteiger charge is -2.34. The number of nitrogens with zero attached hydrogens (tertiary/aromatic N) is 1. The zero-order chi connectivity index (χ0) is 20.9. The van der Waals surface area contributed by atoms with Gasteiger partial charge < -0.3 is 10.1 Å². The minimum atomic E-state index is -3.85. The third-order valence-corrected chi connectivity index (χ3v) is 6.75. The minimum Gasteiger partial charge on any atom is -0.476 e. The van der Waals surface area contributed by atoms with Crippen LogP contribution >= 0.6 is 11.6 Å². The van der Waals surface area contributed by atoms with Crippen LogP contribution < -0.4 is 14.4 Å². The molecule has 1 N–H and O–H groups in total. The molecule has 0 radical (unpaired) electrons. The number of hydrogen-bond donors (Lipinski definition) is 1. The van der Waals surface area contributed by atoms with Crippen LogP contribution in [0.15, 0.2) is 53.4 Å². The van der Waals surface area contributed by atoms with Crippen molar-refractivity contribution in [1.29, 1.82) is 0 Å². The first kappa shape index (κ1) is 21.5. The molecule has 0 bridgehead atoms. The van der Waals surface area contributed by atoms with Gasteiger partial charge in [0.05, 0.1) is 17.1 Å². The largest absolute Gasteiger partial charge is 0.476 e. The van der Waals surface area contributed by atoms with E-state index >= 15 is 0 Å². The van der Waals surface area contributed by atoms with Crippen LogP contribution in [0.25, 0.3) is 0 Å². The molecule has 2 aromatic carbocycles. The van der Waals surface area contributed by atoms with Gasteiger partial charge >= 0.3 is 0 Å². The summed E-state index contributed by atoms with van der Waals surface area (Å²) in [6.45, 7) is 2.38. The Morgan fingerprint density at radius 1 is 1.21 bits per heavy atom. The van der Waals surface area contributed by atoms with Gasteiger partial charge in [0.1, 0.15) is 5.75 Å². The fourth-order valence-corrected chi connectivity index (χ4v) is 4.76. The molecule has 1 aliphatic heterocycles. The number of nitrogens with one attached hydrogen (secondary N) is 1. The molecule has 1 amide bonds. The predicted octanol–water partition coefficient (Wildman–Crippen LogP) is 3.34. The minimum absolute atomic E-state index is 0.0805. The Bertz CT molecular complexity index is 947. The van der Waals surface area contributed by atoms with Gasteiger partial charge in [0.2, 0.25) is 0 Å². The van der Waals surface area contributed by atoms with Gasteiger partial charge in [-0.1, -0.05) is 31.2 Å². The normalized spacial score (nSPS) is 16.1. The summed E-state index contributed by atoms with van der Waals surface area (Å²) in [5.41, 5.74) is 1.46. The van der Waals surface area contributed by atoms with Crippen molar-refractivity contribution in [3.05, 3.63) is 54.1 Å². The number of fused-ring (bicyclic) bond motifs is 1. The molecule has 2 aromatic rings. The topological polar surface area (TPSA) is 75.7 Å². The number of ether oxygens (including phenoxy) is 1. The van der Waals surface area contributed by atoms with Crippen LogP contribution in [0, 0.1) is 0 Å². The number of hydrogen-bond acceptors (Lipinski definition) is 4. The van der Waals surface area contributed by atoms with E-state index in [2.05, 4.69) is 5.32 Å². The zero-order valence-electron chi connectivity index (χ0n) is 16.3. The molecule has 0 saturated heterocycles. The summed E-state index contributed by atoms with van der Waals surface area (Å²) in [4.78, 5) is 12.6. The first-order chi connectivity index (χ1) is 14.0. The third-order valence-electron chi connectivity index (χ3n) is 4.69. The number of alkyl halides is 1. The van der Waals surface area contributed by atoms with Crippen molar-refractivity contribution in [2.45, 2.75) is 37.2 Å². The van der Waals surface area contributed by atoms with Crippen LogP contribution in [0.5, 0.6) is 5.75 Å². The quantitative estimate of drug-likeness (QED) is 0.644. The monoisotopic (exact) mass is 436 g/mol. The standard InChI is InChI=1S/C21H25ClN2O4S/c1-2-14-23-21(25)20-15-24(18-7-3-4-8-19(18)28-20)29(26,27)17-11-9-16(10-12-17)6-5-13-22/h3-4,7-12,20H,2,5-6,13-15H2,1H3,(H,23,25). The van der Waals surface area contributed by atoms with Gasteiger partial charge in [-0.3, -0.25) is 9.10 Å². The van der Waals surface area contributed by atoms with Crippen molar-refractivity contribution in [2.75, 3.05) is 23.3 Å². The first-order valence-electron chi connectivity index (χ1n) is 9.68. The molecule has 0 saturated carbocycles. The molecule has 8 heteroatoms. The molecule has 1 aliphatic rings. The molecule has 156 valence electrons. The van der Waals surface area contributed by atoms with Crippen LogP contribution in [0.3, 0.4) is 0 Å². The summed E-state index contributed by atoms with van der Waals surface area (Å²) in [6.07, 6.45) is 1.50. The molecule has 0 fully saturated rings. The number of benzene rings is 2. The predicted molar refractivity (Wildman–Crippen MR) is 114 cm³/mol. The summed E-state index contributed by atoms with van der Waals surface area (Å²) in [6, 6.07) is 13.7. The van der Waals surface area contributed by atoms with Gasteiger partial charge in [0, 0.05) is 12.4 Å². The van der Waals surface area contributed by atoms with E-state index in [1.807, 2.05) is 6.92 Å². The summed E-state index contributed by atoms with van der Waals surface area (Å²) < 4.78 is 33.8. The Balaban J connectivity index is 1.91. The number of sulfonamides is 1. The van der Waals surface area contributed by atoms with Gasteiger partial charge in [0.25, 0.3) is 15.9 Å². The van der Waals surface area contributed by atoms with Gasteiger partial charge in [-0.05, 0) is 49.1 Å². The Hall–Kier alpha value is -2.25. The lowest BCUT2D eigenvalue weighted by atomic mass is 10.1. The van der Waals surface area contributed by atoms with Crippen molar-refractivity contribution in [2.24, 2.45) is 0 Å². The van der Waals surface area contributed by atoms with Crippen LogP contribution in [-0.2, 0) is 21.2 Å². The molecule has 1 unspecified atom stereocenters. The van der Waals surface area contributed by atoms with Crippen LogP contribution in [0.2, 0.25) is 0 Å². The smallest absolute Gasteiger partial charge is 0.264 e. The number of aryl methyl sites for hydroxylation is 1. The van der Waals surface area contributed by atoms with E-state index in [4.69, 9.17) is 16.3 Å². The molecule has 0 spiro atoms. The number of para-hydroxylation sites is 2. The first-order valence-corrected chi connectivity index (χ1v) is 11.7. The number of anilines is 1. The SMILES string of the molecule is CCCNC(=O)C1CN(S(=O)(=O)c2ccc(CCCCl)cc2)c2ccccc2O1. The van der Waals surface area contributed by atoms with Crippen molar-refractivity contribution in [3.63, 3.8) is 0 Å². The number of carbonyl (C=O) groups excluding carboxylic acids is 1. The van der Waals surface area contributed by atoms with Crippen molar-refractivity contribution >= 4 is 33.2 Å². The Morgan fingerprint density at radius 2 is 1.93 bits per heavy atom. The number of halogens is 1. The Morgan fingerprint density at radius 3 is 2.62 bits per heavy atom. The Kier molecular flexibility index (Phi) is 7.03. The lowest BCUT2D eigenvalue weighted by Crippen LogP contribution is -2.50. The third kappa shape index (κ3) is 4.85. The molecule has 1 heterocycles. The van der Waals surface area contributed by atoms with Crippen molar-refractivity contribution in [1.82, 2.24) is 5.32 Å². The Labute approximate surface area is 176 Å². The zero-order valence-corrected chi connectivity index (χ0v) is 17.9. The van der Waals surface area contributed by atoms with Gasteiger partial charge in [0.15, 0.2) is 6.10 Å². The van der Waals surface area contributed by atoms with E-state index in [0.29, 0.717) is 23.9 Å². The second kappa shape index (κ2) is 9.50. The van der Waals surface area contributed by atoms with E-state index in [9.17, 15) is 13.2 Å². The fraction of sp³-hybridized carbons (Fsp3) is 0.381. The molecule has 0 aromatic heterocycles. The van der Waals surface area contributed by atoms with E-state index in [1.165, 1.54) is 4.31 Å². The number of rotatable bonds is 8. The highest BCUT2D eigenvalue weighted by atomic mass is 35.5. The second-order valence-electron chi connectivity index (χ2n) is 6.84. The molecule has 0 aliphatic carbocycles. The maximum Gasteiger partial charge on any atom is 0.264 e. The maximum atomic E-state index is 13.4. The number of carbonyl (C=O) groups is 1. The van der Waals surface area contributed by atoms with Crippen LogP contribution in [0.1, 0.15) is 25.3 Å². The summed E-state index contributed by atoms with van der Waals surface area (Å²) in [5, 5.41) is 2.78. The van der Waals surface area contributed by atoms with Crippen molar-refractivity contribution < 1.29 is 17.9 Å². The highest BCUT2D eigenvalue weighted by Crippen LogP contribution is 2.36. The highest BCUT2D eigenvalue weighted by molar-refractivity contribution is 7.92. The summed E-state index contributed by atoms with van der Waals surface area (Å²) in [5.74, 6) is 0.613. The van der Waals surface area contributed by atoms with Crippen molar-refractivity contribution in [3.8, 4) is 5.75 Å². The molecule has 29 heavy (non-hydrogen) atoms. The molecule has 6 nitrogen and oxygen atoms in total. The average molecular weight is 437 g/mol. The average Bonchev–Trinajstić information content (AvgIpc) is 2.75. The molecule has 1 atom stereocenters. The molecular weight excluding hydrogens is 412 g/mol. The van der Waals surface area contributed by atoms with Gasteiger partial charge in [-0.15, -0.1) is 11.6 Å². The lowest BCUT2D eigenvalue weighted by molar-refractivity contribution is -0.127. The maximum absolute atomic E-state index is 13.4. The van der Waals surface area contributed by atoms with E-state index < -0.39 is 16.1 Å². The van der Waals surface area contributed by atoms with Gasteiger partial charge in [-0.25, -0.2) is 8.42 Å². The fourth-order valence-electron chi connectivity index (χ4n) is 3.15. The van der Waals surface area contributed by atoms with E-state index in [1.54, 1.807) is 48.5 Å². The second-order valence-corrected chi connectivity index (χ2v) is 9.08. The highest BCUT2D eigenvalue weighted by Gasteiger charge is 2.37. The van der Waals surface area contributed by atoms with E-state index in [0.717, 1.165) is 24.8 Å². The molecule has 3 rings (SSSR count). The summed E-state index contributed by atoms with van der Waals surface area (Å²) >= 11 is 5.73. The van der Waals surface area contributed by atoms with E-state index in [-0.39, 0.29) is 17.3 Å². The number of amides is 1. The van der Waals surface area contributed by atoms with Crippen LogP contribution in [-0.4, -0.2) is 39.4 Å². The summed E-state index contributed by atoms with van der Waals surface area (Å²) in [7, 11) is -3.85.